The minimum Gasteiger partial charge on any atom is -0.478 e. The van der Waals surface area contributed by atoms with Gasteiger partial charge in [-0.3, -0.25) is 0 Å². The van der Waals surface area contributed by atoms with Gasteiger partial charge in [0.05, 0.1) is 0 Å². The lowest BCUT2D eigenvalue weighted by atomic mass is 10.5. The first-order valence-electron chi connectivity index (χ1n) is 3.21. The van der Waals surface area contributed by atoms with E-state index in [-0.39, 0.29) is 5.19 Å². The van der Waals surface area contributed by atoms with Crippen molar-refractivity contribution in [3.63, 3.8) is 0 Å². The minimum atomic E-state index is -1.20. The lowest BCUT2D eigenvalue weighted by molar-refractivity contribution is -0.133. The second-order valence-corrected chi connectivity index (χ2v) is 2.75. The summed E-state index contributed by atoms with van der Waals surface area (Å²) >= 11 is 1.15. The largest absolute Gasteiger partial charge is 0.478 e. The van der Waals surface area contributed by atoms with Crippen LogP contribution in [0, 0.1) is 0 Å². The number of thiazole rings is 1. The van der Waals surface area contributed by atoms with Crippen LogP contribution >= 0.6 is 11.3 Å². The summed E-state index contributed by atoms with van der Waals surface area (Å²) in [5.41, 5.74) is 0. The van der Waals surface area contributed by atoms with Crippen LogP contribution in [0.15, 0.2) is 23.7 Å². The molecule has 1 aromatic rings. The van der Waals surface area contributed by atoms with Crippen molar-refractivity contribution in [1.82, 2.24) is 4.98 Å². The summed E-state index contributed by atoms with van der Waals surface area (Å²) in [6.07, 6.45) is 3.01. The van der Waals surface area contributed by atoms with Crippen LogP contribution < -0.4 is 4.74 Å². The van der Waals surface area contributed by atoms with Gasteiger partial charge in [-0.2, -0.15) is 0 Å². The van der Waals surface area contributed by atoms with E-state index in [0.717, 1.165) is 17.4 Å². The maximum absolute atomic E-state index is 10.8. The van der Waals surface area contributed by atoms with E-state index in [1.807, 2.05) is 0 Å². The second-order valence-electron chi connectivity index (χ2n) is 1.89. The molecule has 6 heteroatoms. The van der Waals surface area contributed by atoms with Crippen molar-refractivity contribution >= 4 is 23.3 Å². The Morgan fingerprint density at radius 3 is 2.85 bits per heavy atom. The average molecular weight is 199 g/mol. The highest BCUT2D eigenvalue weighted by Crippen LogP contribution is 2.13. The third-order valence-electron chi connectivity index (χ3n) is 0.960. The fourth-order valence-electron chi connectivity index (χ4n) is 0.520. The number of ether oxygens (including phenoxy) is 1. The van der Waals surface area contributed by atoms with Gasteiger partial charge in [0, 0.05) is 23.7 Å². The molecular weight excluding hydrogens is 194 g/mol. The molecule has 0 aliphatic heterocycles. The molecule has 0 spiro atoms. The molecule has 0 aliphatic carbocycles. The maximum Gasteiger partial charge on any atom is 0.338 e. The smallest absolute Gasteiger partial charge is 0.338 e. The Morgan fingerprint density at radius 1 is 1.54 bits per heavy atom. The number of carbonyl (C=O) groups is 2. The molecule has 1 N–H and O–H groups in total. The number of aliphatic carboxylic acids is 1. The van der Waals surface area contributed by atoms with Gasteiger partial charge in [0.1, 0.15) is 0 Å². The molecule has 0 aliphatic rings. The van der Waals surface area contributed by atoms with Crippen LogP contribution in [0.4, 0.5) is 0 Å². The molecular formula is C7H5NO4S. The molecule has 0 aromatic carbocycles. The normalized spacial score (nSPS) is 10.2. The van der Waals surface area contributed by atoms with E-state index in [4.69, 9.17) is 5.11 Å². The fourth-order valence-corrected chi connectivity index (χ4v) is 1.01. The summed E-state index contributed by atoms with van der Waals surface area (Å²) in [5.74, 6) is -1.95. The average Bonchev–Trinajstić information content (AvgIpc) is 2.53. The molecule has 0 bridgehead atoms. The van der Waals surface area contributed by atoms with E-state index in [0.29, 0.717) is 6.08 Å². The number of carboxylic acids is 1. The number of esters is 1. The zero-order chi connectivity index (χ0) is 9.68. The summed E-state index contributed by atoms with van der Waals surface area (Å²) in [6.45, 7) is 0. The summed E-state index contributed by atoms with van der Waals surface area (Å²) in [5, 5.41) is 10.0. The first kappa shape index (κ1) is 9.40. The highest BCUT2D eigenvalue weighted by Gasteiger charge is 2.02. The second kappa shape index (κ2) is 4.36. The van der Waals surface area contributed by atoms with Gasteiger partial charge in [-0.15, -0.1) is 0 Å². The first-order chi connectivity index (χ1) is 6.18. The highest BCUT2D eigenvalue weighted by molar-refractivity contribution is 7.11. The van der Waals surface area contributed by atoms with Gasteiger partial charge in [0.2, 0.25) is 0 Å². The van der Waals surface area contributed by atoms with Crippen LogP contribution in [0.1, 0.15) is 0 Å². The van der Waals surface area contributed by atoms with Crippen LogP contribution in [0.2, 0.25) is 0 Å². The van der Waals surface area contributed by atoms with Crippen molar-refractivity contribution in [2.45, 2.75) is 0 Å². The quantitative estimate of drug-likeness (QED) is 0.572. The van der Waals surface area contributed by atoms with Gasteiger partial charge in [0.15, 0.2) is 0 Å². The van der Waals surface area contributed by atoms with Gasteiger partial charge in [0.25, 0.3) is 5.19 Å². The third kappa shape index (κ3) is 3.48. The molecule has 0 atom stereocenters. The monoisotopic (exact) mass is 199 g/mol. The Bertz CT molecular complexity index is 330. The van der Waals surface area contributed by atoms with E-state index in [1.165, 1.54) is 6.20 Å². The van der Waals surface area contributed by atoms with Gasteiger partial charge in [-0.25, -0.2) is 14.6 Å². The van der Waals surface area contributed by atoms with E-state index >= 15 is 0 Å². The molecule has 1 heterocycles. The zero-order valence-corrected chi connectivity index (χ0v) is 7.15. The Labute approximate surface area is 77.3 Å². The van der Waals surface area contributed by atoms with Crippen molar-refractivity contribution < 1.29 is 19.4 Å². The number of nitrogens with zero attached hydrogens (tertiary/aromatic N) is 1. The predicted molar refractivity (Wildman–Crippen MR) is 44.5 cm³/mol. The van der Waals surface area contributed by atoms with E-state index < -0.39 is 11.9 Å². The molecule has 5 nitrogen and oxygen atoms in total. The molecule has 0 saturated carbocycles. The Morgan fingerprint density at radius 2 is 2.31 bits per heavy atom. The fraction of sp³-hybridized carbons (Fsp3) is 0. The lowest BCUT2D eigenvalue weighted by Crippen LogP contribution is -2.04. The number of aromatic nitrogens is 1. The Hall–Kier alpha value is -1.69. The van der Waals surface area contributed by atoms with Crippen molar-refractivity contribution in [3.05, 3.63) is 23.7 Å². The van der Waals surface area contributed by atoms with Crippen molar-refractivity contribution in [2.75, 3.05) is 0 Å². The minimum absolute atomic E-state index is 0.194. The molecule has 0 fully saturated rings. The predicted octanol–water partition coefficient (Wildman–Crippen LogP) is 0.689. The van der Waals surface area contributed by atoms with Crippen LogP contribution in [0.25, 0.3) is 0 Å². The number of carboxylic acid groups (broad SMARTS) is 1. The van der Waals surface area contributed by atoms with Crippen LogP contribution in [-0.4, -0.2) is 22.0 Å². The molecule has 0 saturated heterocycles. The summed E-state index contributed by atoms with van der Waals surface area (Å²) in [4.78, 5) is 24.5. The van der Waals surface area contributed by atoms with Crippen LogP contribution in [0.5, 0.6) is 5.19 Å². The molecule has 1 rings (SSSR count). The van der Waals surface area contributed by atoms with E-state index in [9.17, 15) is 9.59 Å². The summed E-state index contributed by atoms with van der Waals surface area (Å²) in [7, 11) is 0. The van der Waals surface area contributed by atoms with Gasteiger partial charge < -0.3 is 9.84 Å². The number of hydrogen-bond acceptors (Lipinski definition) is 5. The van der Waals surface area contributed by atoms with Gasteiger partial charge in [-0.1, -0.05) is 11.3 Å². The molecule has 13 heavy (non-hydrogen) atoms. The topological polar surface area (TPSA) is 76.5 Å². The van der Waals surface area contributed by atoms with Gasteiger partial charge >= 0.3 is 11.9 Å². The number of carbonyl (C=O) groups excluding carboxylic acids is 1. The van der Waals surface area contributed by atoms with E-state index in [1.54, 1.807) is 5.38 Å². The standard InChI is InChI=1S/C7H5NO4S/c9-5(10)1-2-6(11)12-7-8-3-4-13-7/h1-4H,(H,9,10)/b2-1-. The van der Waals surface area contributed by atoms with E-state index in [2.05, 4.69) is 9.72 Å². The summed E-state index contributed by atoms with van der Waals surface area (Å²) in [6, 6.07) is 0. The molecule has 68 valence electrons. The lowest BCUT2D eigenvalue weighted by Gasteiger charge is -1.92. The van der Waals surface area contributed by atoms with Crippen LogP contribution in [0.3, 0.4) is 0 Å². The molecule has 1 aromatic heterocycles. The Kier molecular flexibility index (Phi) is 3.15. The molecule has 0 unspecified atom stereocenters. The Balaban J connectivity index is 2.47. The summed E-state index contributed by atoms with van der Waals surface area (Å²) < 4.78 is 4.62. The van der Waals surface area contributed by atoms with Crippen molar-refractivity contribution in [3.8, 4) is 5.19 Å². The van der Waals surface area contributed by atoms with Gasteiger partial charge in [-0.05, 0) is 0 Å². The highest BCUT2D eigenvalue weighted by atomic mass is 32.1. The number of hydrogen-bond donors (Lipinski definition) is 1. The van der Waals surface area contributed by atoms with Crippen molar-refractivity contribution in [1.29, 1.82) is 0 Å². The zero-order valence-electron chi connectivity index (χ0n) is 6.34. The van der Waals surface area contributed by atoms with Crippen LogP contribution in [-0.2, 0) is 9.59 Å². The maximum atomic E-state index is 10.8. The third-order valence-corrected chi connectivity index (χ3v) is 1.61. The molecule has 0 amide bonds. The van der Waals surface area contributed by atoms with Crippen molar-refractivity contribution in [2.24, 2.45) is 0 Å². The molecule has 0 radical (unpaired) electrons. The number of rotatable bonds is 3. The SMILES string of the molecule is O=C(O)/C=C\C(=O)Oc1nccs1. The first-order valence-corrected chi connectivity index (χ1v) is 4.09.